The van der Waals surface area contributed by atoms with Gasteiger partial charge in [0.2, 0.25) is 0 Å². The van der Waals surface area contributed by atoms with Crippen molar-refractivity contribution in [3.8, 4) is 5.75 Å². The maximum absolute atomic E-state index is 12.8. The van der Waals surface area contributed by atoms with Gasteiger partial charge in [0.15, 0.2) is 11.6 Å². The topological polar surface area (TPSA) is 111 Å². The van der Waals surface area contributed by atoms with Gasteiger partial charge in [0.1, 0.15) is 10.6 Å². The minimum absolute atomic E-state index is 0.0299. The first kappa shape index (κ1) is 18.7. The zero-order chi connectivity index (χ0) is 20.4. The Morgan fingerprint density at radius 2 is 1.72 bits per heavy atom. The molecule has 2 heterocycles. The Hall–Kier alpha value is -3.66. The molecule has 0 unspecified atom stereocenters. The first-order chi connectivity index (χ1) is 13.9. The van der Waals surface area contributed by atoms with Crippen LogP contribution in [-0.2, 0) is 17.1 Å². The van der Waals surface area contributed by atoms with E-state index in [1.807, 2.05) is 30.3 Å². The molecule has 4 aromatic rings. The van der Waals surface area contributed by atoms with Gasteiger partial charge in [-0.25, -0.2) is 18.4 Å². The number of rotatable bonds is 6. The molecule has 4 rings (SSSR count). The number of nitrogens with one attached hydrogen (secondary N) is 2. The number of nitrogens with zero attached hydrogens (tertiary/aromatic N) is 4. The molecule has 2 aromatic heterocycles. The molecule has 0 aliphatic rings. The molecule has 0 bridgehead atoms. The van der Waals surface area contributed by atoms with Crippen molar-refractivity contribution in [2.24, 2.45) is 7.05 Å². The average molecular weight is 410 g/mol. The van der Waals surface area contributed by atoms with Gasteiger partial charge in [0, 0.05) is 25.0 Å². The third-order valence-electron chi connectivity index (χ3n) is 4.13. The number of hydrogen-bond acceptors (Lipinski definition) is 7. The van der Waals surface area contributed by atoms with Gasteiger partial charge in [0.25, 0.3) is 10.0 Å². The van der Waals surface area contributed by atoms with Crippen LogP contribution in [0, 0.1) is 0 Å². The number of fused-ring (bicyclic) bond motifs is 1. The lowest BCUT2D eigenvalue weighted by Crippen LogP contribution is -2.15. The fraction of sp³-hybridized carbons (Fsp3) is 0.105. The summed E-state index contributed by atoms with van der Waals surface area (Å²) in [5.41, 5.74) is 1.87. The number of sulfonamides is 1. The van der Waals surface area contributed by atoms with Gasteiger partial charge in [0.05, 0.1) is 24.3 Å². The molecule has 29 heavy (non-hydrogen) atoms. The predicted molar refractivity (Wildman–Crippen MR) is 110 cm³/mol. The Morgan fingerprint density at radius 3 is 2.38 bits per heavy atom. The maximum Gasteiger partial charge on any atom is 0.266 e. The van der Waals surface area contributed by atoms with Crippen LogP contribution >= 0.6 is 0 Å². The average Bonchev–Trinajstić information content (AvgIpc) is 3.16. The van der Waals surface area contributed by atoms with Gasteiger partial charge in [-0.3, -0.25) is 9.40 Å². The Balaban J connectivity index is 1.77. The van der Waals surface area contributed by atoms with E-state index in [2.05, 4.69) is 25.1 Å². The van der Waals surface area contributed by atoms with Crippen LogP contribution in [0.1, 0.15) is 0 Å². The van der Waals surface area contributed by atoms with Crippen molar-refractivity contribution < 1.29 is 13.2 Å². The normalized spacial score (nSPS) is 11.4. The number of anilines is 3. The third-order valence-corrected chi connectivity index (χ3v) is 5.42. The molecule has 0 saturated heterocycles. The fourth-order valence-electron chi connectivity index (χ4n) is 2.72. The van der Waals surface area contributed by atoms with E-state index < -0.39 is 10.0 Å². The highest BCUT2D eigenvalue weighted by atomic mass is 32.2. The van der Waals surface area contributed by atoms with Crippen LogP contribution in [0.2, 0.25) is 0 Å². The summed E-state index contributed by atoms with van der Waals surface area (Å²) in [4.78, 5) is 9.03. The van der Waals surface area contributed by atoms with E-state index in [1.165, 1.54) is 17.1 Å². The molecule has 0 atom stereocenters. The van der Waals surface area contributed by atoms with Crippen LogP contribution in [0.4, 0.5) is 17.3 Å². The van der Waals surface area contributed by atoms with Gasteiger partial charge >= 0.3 is 0 Å². The molecular formula is C19H18N6O3S. The zero-order valence-electron chi connectivity index (χ0n) is 15.7. The van der Waals surface area contributed by atoms with E-state index in [0.717, 1.165) is 0 Å². The van der Waals surface area contributed by atoms with Gasteiger partial charge in [-0.05, 0) is 24.3 Å². The number of aryl methyl sites for hydroxylation is 1. The first-order valence-corrected chi connectivity index (χ1v) is 10.1. The van der Waals surface area contributed by atoms with E-state index >= 15 is 0 Å². The lowest BCUT2D eigenvalue weighted by molar-refractivity contribution is 0.415. The van der Waals surface area contributed by atoms with E-state index in [-0.39, 0.29) is 16.5 Å². The smallest absolute Gasteiger partial charge is 0.266 e. The van der Waals surface area contributed by atoms with Gasteiger partial charge < -0.3 is 10.1 Å². The molecule has 0 aliphatic carbocycles. The van der Waals surface area contributed by atoms with Gasteiger partial charge in [-0.1, -0.05) is 18.2 Å². The zero-order valence-corrected chi connectivity index (χ0v) is 16.5. The molecule has 0 fully saturated rings. The highest BCUT2D eigenvalue weighted by molar-refractivity contribution is 7.92. The van der Waals surface area contributed by atoms with Crippen molar-refractivity contribution in [1.82, 2.24) is 19.7 Å². The summed E-state index contributed by atoms with van der Waals surface area (Å²) in [5, 5.41) is 7.03. The van der Waals surface area contributed by atoms with Crippen LogP contribution in [-0.4, -0.2) is 35.3 Å². The van der Waals surface area contributed by atoms with Crippen molar-refractivity contribution in [2.75, 3.05) is 17.1 Å². The summed E-state index contributed by atoms with van der Waals surface area (Å²) >= 11 is 0. The minimum atomic E-state index is -3.89. The highest BCUT2D eigenvalue weighted by Gasteiger charge is 2.20. The number of aromatic nitrogens is 4. The molecule has 0 radical (unpaired) electrons. The third kappa shape index (κ3) is 3.97. The molecule has 0 spiro atoms. The van der Waals surface area contributed by atoms with E-state index in [4.69, 9.17) is 4.74 Å². The summed E-state index contributed by atoms with van der Waals surface area (Å²) in [5.74, 6) is 1.00. The molecule has 148 valence electrons. The highest BCUT2D eigenvalue weighted by Crippen LogP contribution is 2.28. The molecule has 10 heteroatoms. The van der Waals surface area contributed by atoms with Gasteiger partial charge in [-0.15, -0.1) is 0 Å². The minimum Gasteiger partial charge on any atom is -0.497 e. The largest absolute Gasteiger partial charge is 0.497 e. The number of ether oxygens (including phenoxy) is 1. The number of methoxy groups -OCH3 is 1. The van der Waals surface area contributed by atoms with Crippen molar-refractivity contribution in [1.29, 1.82) is 0 Å². The number of para-hydroxylation sites is 2. The molecular weight excluding hydrogens is 392 g/mol. The summed E-state index contributed by atoms with van der Waals surface area (Å²) in [6.07, 6.45) is 2.68. The molecule has 0 saturated carbocycles. The standard InChI is InChI=1S/C19H18N6O3S/c1-25-12-15(11-20-25)29(26,27)24-19-18(21-13-6-5-7-14(10-13)28-2)22-16-8-3-4-9-17(16)23-19/h3-12H,1-2H3,(H,21,22)(H,23,24). The Bertz CT molecular complexity index is 1290. The summed E-state index contributed by atoms with van der Waals surface area (Å²) in [6.45, 7) is 0. The number of hydrogen-bond donors (Lipinski definition) is 2. The second kappa shape index (κ2) is 7.40. The van der Waals surface area contributed by atoms with Crippen LogP contribution in [0.3, 0.4) is 0 Å². The van der Waals surface area contributed by atoms with E-state index in [9.17, 15) is 8.42 Å². The van der Waals surface area contributed by atoms with Crippen LogP contribution in [0.5, 0.6) is 5.75 Å². The molecule has 0 amide bonds. The first-order valence-electron chi connectivity index (χ1n) is 8.64. The molecule has 2 N–H and O–H groups in total. The van der Waals surface area contributed by atoms with Gasteiger partial charge in [-0.2, -0.15) is 5.10 Å². The second-order valence-corrected chi connectivity index (χ2v) is 7.90. The van der Waals surface area contributed by atoms with Crippen molar-refractivity contribution in [2.45, 2.75) is 4.90 Å². The summed E-state index contributed by atoms with van der Waals surface area (Å²) < 4.78 is 34.7. The van der Waals surface area contributed by atoms with Crippen molar-refractivity contribution in [3.63, 3.8) is 0 Å². The Morgan fingerprint density at radius 1 is 1.00 bits per heavy atom. The summed E-state index contributed by atoms with van der Waals surface area (Å²) in [6, 6.07) is 14.4. The number of benzene rings is 2. The summed E-state index contributed by atoms with van der Waals surface area (Å²) in [7, 11) is -0.674. The van der Waals surface area contributed by atoms with E-state index in [0.29, 0.717) is 22.5 Å². The lowest BCUT2D eigenvalue weighted by atomic mass is 10.3. The Kier molecular flexibility index (Phi) is 4.77. The Labute approximate surface area is 167 Å². The second-order valence-electron chi connectivity index (χ2n) is 6.22. The molecule has 2 aromatic carbocycles. The predicted octanol–water partition coefficient (Wildman–Crippen LogP) is 2.92. The molecule has 9 nitrogen and oxygen atoms in total. The van der Waals surface area contributed by atoms with Crippen LogP contribution in [0.15, 0.2) is 65.8 Å². The molecule has 0 aliphatic heterocycles. The van der Waals surface area contributed by atoms with E-state index in [1.54, 1.807) is 32.4 Å². The quantitative estimate of drug-likeness (QED) is 0.503. The van der Waals surface area contributed by atoms with Crippen LogP contribution in [0.25, 0.3) is 11.0 Å². The van der Waals surface area contributed by atoms with Crippen molar-refractivity contribution in [3.05, 3.63) is 60.9 Å². The SMILES string of the molecule is COc1cccc(Nc2nc3ccccc3nc2NS(=O)(=O)c2cnn(C)c2)c1. The maximum atomic E-state index is 12.8. The monoisotopic (exact) mass is 410 g/mol. The lowest BCUT2D eigenvalue weighted by Gasteiger charge is -2.13. The fourth-order valence-corrected chi connectivity index (χ4v) is 3.71. The van der Waals surface area contributed by atoms with Crippen molar-refractivity contribution >= 4 is 38.4 Å². The van der Waals surface area contributed by atoms with Crippen LogP contribution < -0.4 is 14.8 Å².